The summed E-state index contributed by atoms with van der Waals surface area (Å²) in [6, 6.07) is 2.27. The van der Waals surface area contributed by atoms with E-state index in [-0.39, 0.29) is 17.1 Å². The van der Waals surface area contributed by atoms with Gasteiger partial charge in [-0.25, -0.2) is 4.79 Å². The number of rotatable bonds is 4. The number of likely N-dealkylation sites (tertiary alicyclic amines) is 1. The molecule has 5 nitrogen and oxygen atoms in total. The van der Waals surface area contributed by atoms with E-state index in [2.05, 4.69) is 6.07 Å². The Morgan fingerprint density at radius 2 is 1.95 bits per heavy atom. The number of hydrogen-bond acceptors (Lipinski definition) is 4. The molecule has 21 heavy (non-hydrogen) atoms. The molecular formula is C16H28N2O3. The summed E-state index contributed by atoms with van der Waals surface area (Å²) in [5.74, 6) is 0. The summed E-state index contributed by atoms with van der Waals surface area (Å²) in [5.41, 5.74) is -1.20. The van der Waals surface area contributed by atoms with Crippen molar-refractivity contribution < 1.29 is 14.3 Å². The van der Waals surface area contributed by atoms with Crippen molar-refractivity contribution in [3.63, 3.8) is 0 Å². The van der Waals surface area contributed by atoms with Gasteiger partial charge in [0, 0.05) is 13.2 Å². The molecule has 0 aromatic carbocycles. The third kappa shape index (κ3) is 5.92. The van der Waals surface area contributed by atoms with E-state index in [4.69, 9.17) is 14.7 Å². The van der Waals surface area contributed by atoms with Gasteiger partial charge in [-0.15, -0.1) is 0 Å². The van der Waals surface area contributed by atoms with Crippen LogP contribution >= 0.6 is 0 Å². The third-order valence-corrected chi connectivity index (χ3v) is 3.57. The van der Waals surface area contributed by atoms with Gasteiger partial charge in [0.05, 0.1) is 23.6 Å². The van der Waals surface area contributed by atoms with E-state index < -0.39 is 5.60 Å². The first-order valence-corrected chi connectivity index (χ1v) is 7.50. The van der Waals surface area contributed by atoms with Gasteiger partial charge in [-0.3, -0.25) is 0 Å². The maximum Gasteiger partial charge on any atom is 0.410 e. The van der Waals surface area contributed by atoms with E-state index in [0.717, 1.165) is 6.42 Å². The monoisotopic (exact) mass is 296 g/mol. The van der Waals surface area contributed by atoms with Crippen LogP contribution in [-0.2, 0) is 9.47 Å². The number of hydrogen-bond donors (Lipinski definition) is 0. The summed E-state index contributed by atoms with van der Waals surface area (Å²) < 4.78 is 11.3. The highest BCUT2D eigenvalue weighted by Gasteiger charge is 2.38. The van der Waals surface area contributed by atoms with Crippen molar-refractivity contribution >= 4 is 6.09 Å². The number of carbonyl (C=O) groups is 1. The van der Waals surface area contributed by atoms with Crippen LogP contribution in [0.5, 0.6) is 0 Å². The molecule has 1 aliphatic rings. The zero-order valence-corrected chi connectivity index (χ0v) is 14.2. The molecule has 0 spiro atoms. The van der Waals surface area contributed by atoms with Crippen LogP contribution in [-0.4, -0.2) is 41.9 Å². The smallest absolute Gasteiger partial charge is 0.410 e. The third-order valence-electron chi connectivity index (χ3n) is 3.57. The molecule has 1 saturated heterocycles. The Labute approximate surface area is 128 Å². The lowest BCUT2D eigenvalue weighted by molar-refractivity contribution is -0.0337. The fraction of sp³-hybridized carbons (Fsp3) is 0.875. The summed E-state index contributed by atoms with van der Waals surface area (Å²) in [5, 5.41) is 9.00. The minimum atomic E-state index is -0.478. The zero-order chi connectivity index (χ0) is 16.3. The second kappa shape index (κ2) is 6.23. The maximum absolute atomic E-state index is 12.0. The summed E-state index contributed by atoms with van der Waals surface area (Å²) >= 11 is 0. The highest BCUT2D eigenvalue weighted by atomic mass is 16.6. The second-order valence-corrected chi connectivity index (χ2v) is 7.70. The molecule has 1 fully saturated rings. The summed E-state index contributed by atoms with van der Waals surface area (Å²) in [4.78, 5) is 13.7. The quantitative estimate of drug-likeness (QED) is 0.798. The van der Waals surface area contributed by atoms with Crippen LogP contribution in [0.25, 0.3) is 0 Å². The van der Waals surface area contributed by atoms with E-state index >= 15 is 0 Å². The number of ether oxygens (including phenoxy) is 2. The lowest BCUT2D eigenvalue weighted by Gasteiger charge is -2.28. The van der Waals surface area contributed by atoms with Gasteiger partial charge in [-0.05, 0) is 54.4 Å². The molecule has 0 bridgehead atoms. The van der Waals surface area contributed by atoms with Crippen LogP contribution in [0.1, 0.15) is 54.4 Å². The molecule has 1 amide bonds. The van der Waals surface area contributed by atoms with E-state index in [0.29, 0.717) is 26.1 Å². The van der Waals surface area contributed by atoms with Crippen molar-refractivity contribution in [2.24, 2.45) is 5.41 Å². The first-order valence-electron chi connectivity index (χ1n) is 7.50. The predicted octanol–water partition coefficient (Wildman–Crippen LogP) is 3.34. The Morgan fingerprint density at radius 1 is 1.33 bits per heavy atom. The summed E-state index contributed by atoms with van der Waals surface area (Å²) in [6.45, 7) is 13.1. The number of nitrogens with zero attached hydrogens (tertiary/aromatic N) is 2. The van der Waals surface area contributed by atoms with E-state index in [1.165, 1.54) is 0 Å². The maximum atomic E-state index is 12.0. The molecule has 5 heteroatoms. The zero-order valence-electron chi connectivity index (χ0n) is 14.2. The average Bonchev–Trinajstić information content (AvgIpc) is 2.70. The lowest BCUT2D eigenvalue weighted by atomic mass is 9.92. The SMILES string of the molecule is CC(C)(C#N)CCOC1(C)CCN(C(=O)OC(C)(C)C)C1. The minimum Gasteiger partial charge on any atom is -0.444 e. The highest BCUT2D eigenvalue weighted by Crippen LogP contribution is 2.28. The van der Waals surface area contributed by atoms with Crippen LogP contribution in [0.4, 0.5) is 4.79 Å². The largest absolute Gasteiger partial charge is 0.444 e. The highest BCUT2D eigenvalue weighted by molar-refractivity contribution is 5.68. The molecule has 1 rings (SSSR count). The number of nitriles is 1. The van der Waals surface area contributed by atoms with Gasteiger partial charge in [0.15, 0.2) is 0 Å². The van der Waals surface area contributed by atoms with Gasteiger partial charge >= 0.3 is 6.09 Å². The van der Waals surface area contributed by atoms with Gasteiger partial charge in [0.25, 0.3) is 0 Å². The van der Waals surface area contributed by atoms with Crippen molar-refractivity contribution in [1.29, 1.82) is 5.26 Å². The molecule has 0 aromatic rings. The van der Waals surface area contributed by atoms with E-state index in [1.807, 2.05) is 41.5 Å². The fourth-order valence-electron chi connectivity index (χ4n) is 2.14. The van der Waals surface area contributed by atoms with Crippen molar-refractivity contribution in [2.75, 3.05) is 19.7 Å². The Kier molecular flexibility index (Phi) is 5.27. The van der Waals surface area contributed by atoms with Crippen LogP contribution < -0.4 is 0 Å². The molecule has 1 unspecified atom stereocenters. The molecule has 1 aliphatic heterocycles. The first-order chi connectivity index (χ1) is 9.46. The molecule has 1 atom stereocenters. The summed E-state index contributed by atoms with van der Waals surface area (Å²) in [6.07, 6.45) is 1.19. The molecular weight excluding hydrogens is 268 g/mol. The van der Waals surface area contributed by atoms with Crippen molar-refractivity contribution in [2.45, 2.75) is 65.6 Å². The van der Waals surface area contributed by atoms with Gasteiger partial charge < -0.3 is 14.4 Å². The van der Waals surface area contributed by atoms with Gasteiger partial charge in [-0.1, -0.05) is 0 Å². The standard InChI is InChI=1S/C16H28N2O3/c1-14(2,3)21-13(19)18-9-7-16(6,12-18)20-10-8-15(4,5)11-17/h7-10,12H2,1-6H3. The molecule has 120 valence electrons. The first kappa shape index (κ1) is 17.8. The van der Waals surface area contributed by atoms with Crippen molar-refractivity contribution in [3.8, 4) is 6.07 Å². The van der Waals surface area contributed by atoms with Crippen LogP contribution in [0.3, 0.4) is 0 Å². The summed E-state index contributed by atoms with van der Waals surface area (Å²) in [7, 11) is 0. The Morgan fingerprint density at radius 3 is 2.48 bits per heavy atom. The Balaban J connectivity index is 2.45. The predicted molar refractivity (Wildman–Crippen MR) is 80.8 cm³/mol. The molecule has 0 aliphatic carbocycles. The minimum absolute atomic E-state index is 0.285. The van der Waals surface area contributed by atoms with E-state index in [1.54, 1.807) is 4.90 Å². The van der Waals surface area contributed by atoms with Gasteiger partial charge in [0.2, 0.25) is 0 Å². The number of amides is 1. The van der Waals surface area contributed by atoms with Crippen molar-refractivity contribution in [3.05, 3.63) is 0 Å². The topological polar surface area (TPSA) is 62.6 Å². The van der Waals surface area contributed by atoms with E-state index in [9.17, 15) is 4.79 Å². The molecule has 0 radical (unpaired) electrons. The van der Waals surface area contributed by atoms with Gasteiger partial charge in [-0.2, -0.15) is 5.26 Å². The van der Waals surface area contributed by atoms with Crippen molar-refractivity contribution in [1.82, 2.24) is 4.90 Å². The average molecular weight is 296 g/mol. The Hall–Kier alpha value is -1.28. The fourth-order valence-corrected chi connectivity index (χ4v) is 2.14. The molecule has 1 heterocycles. The lowest BCUT2D eigenvalue weighted by Crippen LogP contribution is -2.39. The molecule has 0 N–H and O–H groups in total. The Bertz CT molecular complexity index is 420. The van der Waals surface area contributed by atoms with Crippen LogP contribution in [0.2, 0.25) is 0 Å². The molecule has 0 aromatic heterocycles. The van der Waals surface area contributed by atoms with Crippen LogP contribution in [0, 0.1) is 16.7 Å². The second-order valence-electron chi connectivity index (χ2n) is 7.70. The van der Waals surface area contributed by atoms with Gasteiger partial charge in [0.1, 0.15) is 5.60 Å². The normalized spacial score (nSPS) is 23.0. The number of carbonyl (C=O) groups excluding carboxylic acids is 1. The molecule has 0 saturated carbocycles. The van der Waals surface area contributed by atoms with Crippen LogP contribution in [0.15, 0.2) is 0 Å².